The number of amides is 1. The van der Waals surface area contributed by atoms with Gasteiger partial charge in [-0.3, -0.25) is 4.90 Å². The van der Waals surface area contributed by atoms with Crippen LogP contribution in [0.4, 0.5) is 44.3 Å². The minimum atomic E-state index is -5.09. The van der Waals surface area contributed by atoms with Crippen LogP contribution >= 0.6 is 15.9 Å². The molecule has 3 atom stereocenters. The van der Waals surface area contributed by atoms with E-state index in [4.69, 9.17) is 4.74 Å². The number of rotatable bonds is 2. The van der Waals surface area contributed by atoms with Crippen LogP contribution in [0, 0.1) is 6.92 Å². The normalized spacial score (nSPS) is 23.0. The van der Waals surface area contributed by atoms with Crippen LogP contribution in [0.1, 0.15) is 58.4 Å². The van der Waals surface area contributed by atoms with Crippen molar-refractivity contribution in [1.82, 2.24) is 4.90 Å². The Morgan fingerprint density at radius 2 is 1.34 bits per heavy atom. The third kappa shape index (κ3) is 4.70. The number of alkyl halides is 9. The van der Waals surface area contributed by atoms with Crippen molar-refractivity contribution in [1.29, 1.82) is 0 Å². The van der Waals surface area contributed by atoms with E-state index in [9.17, 15) is 44.3 Å². The Kier molecular flexibility index (Phi) is 6.09. The molecule has 190 valence electrons. The van der Waals surface area contributed by atoms with Crippen LogP contribution in [0.15, 0.2) is 34.8 Å². The zero-order valence-corrected chi connectivity index (χ0v) is 19.2. The van der Waals surface area contributed by atoms with Crippen LogP contribution in [0.5, 0.6) is 0 Å². The van der Waals surface area contributed by atoms with E-state index in [0.717, 1.165) is 17.0 Å². The van der Waals surface area contributed by atoms with Gasteiger partial charge < -0.3 is 4.74 Å². The Bertz CT molecular complexity index is 1140. The fourth-order valence-electron chi connectivity index (χ4n) is 4.59. The summed E-state index contributed by atoms with van der Waals surface area (Å²) in [6.45, 7) is 1.43. The van der Waals surface area contributed by atoms with E-state index in [2.05, 4.69) is 15.9 Å². The molecule has 0 radical (unpaired) electrons. The topological polar surface area (TPSA) is 29.5 Å². The van der Waals surface area contributed by atoms with Gasteiger partial charge in [-0.2, -0.15) is 39.5 Å². The maximum absolute atomic E-state index is 13.4. The van der Waals surface area contributed by atoms with Crippen LogP contribution in [0.3, 0.4) is 0 Å². The van der Waals surface area contributed by atoms with Gasteiger partial charge >= 0.3 is 24.6 Å². The van der Waals surface area contributed by atoms with Gasteiger partial charge in [0.05, 0.1) is 28.8 Å². The molecule has 35 heavy (non-hydrogen) atoms. The van der Waals surface area contributed by atoms with Crippen LogP contribution in [-0.4, -0.2) is 17.0 Å². The Morgan fingerprint density at radius 3 is 1.86 bits per heavy atom. The first-order chi connectivity index (χ1) is 16.0. The summed E-state index contributed by atoms with van der Waals surface area (Å²) >= 11 is 3.23. The summed E-state index contributed by atoms with van der Waals surface area (Å²) < 4.78 is 125. The van der Waals surface area contributed by atoms with Crippen LogP contribution in [0.25, 0.3) is 0 Å². The lowest BCUT2D eigenvalue weighted by atomic mass is 9.96. The summed E-state index contributed by atoms with van der Waals surface area (Å²) in [5.74, 6) is 0. The monoisotopic (exact) mass is 575 g/mol. The van der Waals surface area contributed by atoms with Gasteiger partial charge in [-0.05, 0) is 66.8 Å². The number of carbonyl (C=O) groups excluding carboxylic acids is 1. The molecule has 2 aliphatic heterocycles. The zero-order chi connectivity index (χ0) is 26.1. The van der Waals surface area contributed by atoms with Crippen molar-refractivity contribution in [3.8, 4) is 0 Å². The zero-order valence-electron chi connectivity index (χ0n) is 17.6. The molecule has 0 aromatic heterocycles. The van der Waals surface area contributed by atoms with E-state index in [0.29, 0.717) is 16.6 Å². The molecule has 0 N–H and O–H groups in total. The maximum Gasteiger partial charge on any atom is 0.416 e. The largest absolute Gasteiger partial charge is 0.439 e. The summed E-state index contributed by atoms with van der Waals surface area (Å²) in [6, 6.07) is 0.878. The highest BCUT2D eigenvalue weighted by molar-refractivity contribution is 9.10. The molecule has 2 aliphatic rings. The quantitative estimate of drug-likeness (QED) is 0.338. The summed E-state index contributed by atoms with van der Waals surface area (Å²) in [6.07, 6.45) is -17.1. The van der Waals surface area contributed by atoms with Gasteiger partial charge in [0.15, 0.2) is 0 Å². The second-order valence-electron chi connectivity index (χ2n) is 8.41. The van der Waals surface area contributed by atoms with Crippen molar-refractivity contribution < 1.29 is 49.0 Å². The van der Waals surface area contributed by atoms with Gasteiger partial charge in [0.1, 0.15) is 6.10 Å². The van der Waals surface area contributed by atoms with Gasteiger partial charge in [0.2, 0.25) is 0 Å². The van der Waals surface area contributed by atoms with E-state index in [1.54, 1.807) is 0 Å². The average Bonchev–Trinajstić information content (AvgIpc) is 3.29. The van der Waals surface area contributed by atoms with E-state index in [-0.39, 0.29) is 30.0 Å². The predicted octanol–water partition coefficient (Wildman–Crippen LogP) is 8.21. The van der Waals surface area contributed by atoms with Crippen LogP contribution in [-0.2, 0) is 23.3 Å². The van der Waals surface area contributed by atoms with Gasteiger partial charge in [0, 0.05) is 4.47 Å². The van der Waals surface area contributed by atoms with E-state index in [1.165, 1.54) is 6.92 Å². The summed E-state index contributed by atoms with van der Waals surface area (Å²) in [7, 11) is 0. The smallest absolute Gasteiger partial charge is 0.416 e. The Balaban J connectivity index is 1.75. The lowest BCUT2D eigenvalue weighted by Crippen LogP contribution is -2.31. The lowest BCUT2D eigenvalue weighted by molar-refractivity contribution is -0.143. The number of carbonyl (C=O) groups is 1. The number of halogens is 10. The number of aryl methyl sites for hydroxylation is 1. The number of cyclic esters (lactones) is 1. The molecular weight excluding hydrogens is 561 g/mol. The molecule has 0 saturated carbocycles. The van der Waals surface area contributed by atoms with E-state index >= 15 is 0 Å². The van der Waals surface area contributed by atoms with Gasteiger partial charge in [0.25, 0.3) is 0 Å². The summed E-state index contributed by atoms with van der Waals surface area (Å²) in [5, 5.41) is 0. The Morgan fingerprint density at radius 1 is 0.829 bits per heavy atom. The van der Waals surface area contributed by atoms with Gasteiger partial charge in [-0.1, -0.05) is 15.9 Å². The molecule has 2 saturated heterocycles. The lowest BCUT2D eigenvalue weighted by Gasteiger charge is -2.25. The average molecular weight is 576 g/mol. The fourth-order valence-corrected chi connectivity index (χ4v) is 5.08. The van der Waals surface area contributed by atoms with Crippen molar-refractivity contribution in [2.24, 2.45) is 0 Å². The predicted molar refractivity (Wildman–Crippen MR) is 107 cm³/mol. The first-order valence-electron chi connectivity index (χ1n) is 10.1. The number of fused-ring (bicyclic) bond motifs is 1. The SMILES string of the molecule is Cc1cc(C(F)(F)F)cc([C@@H]2CC[C@H]3[C@@H](c4cc(C(F)(F)F)cc(C(F)(F)F)c4)OC(=O)N23)c1Br. The molecule has 2 heterocycles. The number of hydrogen-bond donors (Lipinski definition) is 0. The van der Waals surface area contributed by atoms with Crippen molar-refractivity contribution >= 4 is 22.0 Å². The van der Waals surface area contributed by atoms with Crippen molar-refractivity contribution in [2.45, 2.75) is 56.5 Å². The van der Waals surface area contributed by atoms with Gasteiger partial charge in [-0.25, -0.2) is 4.79 Å². The van der Waals surface area contributed by atoms with Crippen molar-refractivity contribution in [3.63, 3.8) is 0 Å². The van der Waals surface area contributed by atoms with E-state index < -0.39 is 65.1 Å². The second kappa shape index (κ2) is 8.31. The highest BCUT2D eigenvalue weighted by Gasteiger charge is 2.52. The first-order valence-corrected chi connectivity index (χ1v) is 10.9. The minimum Gasteiger partial charge on any atom is -0.439 e. The number of ether oxygens (including phenoxy) is 1. The highest BCUT2D eigenvalue weighted by atomic mass is 79.9. The summed E-state index contributed by atoms with van der Waals surface area (Å²) in [4.78, 5) is 13.8. The number of benzene rings is 2. The first kappa shape index (κ1) is 25.6. The third-order valence-electron chi connectivity index (χ3n) is 6.12. The number of hydrogen-bond acceptors (Lipinski definition) is 2. The maximum atomic E-state index is 13.4. The summed E-state index contributed by atoms with van der Waals surface area (Å²) in [5.41, 5.74) is -4.18. The molecule has 2 aromatic rings. The minimum absolute atomic E-state index is 0.0297. The second-order valence-corrected chi connectivity index (χ2v) is 9.20. The molecule has 13 heteroatoms. The standard InChI is InChI=1S/C22H15BrF9NO2/c1-9-4-11(20(24,25)26)8-14(17(9)23)15-2-3-16-18(35-19(34)33(15)16)10-5-12(21(27,28)29)7-13(6-10)22(30,31)32/h4-8,15-16,18H,2-3H2,1H3/t15-,16-,18+/m0/s1. The van der Waals surface area contributed by atoms with E-state index in [1.807, 2.05) is 0 Å². The van der Waals surface area contributed by atoms with Gasteiger partial charge in [-0.15, -0.1) is 0 Å². The highest BCUT2D eigenvalue weighted by Crippen LogP contribution is 2.50. The van der Waals surface area contributed by atoms with Crippen molar-refractivity contribution in [2.75, 3.05) is 0 Å². The fraction of sp³-hybridized carbons (Fsp3) is 0.409. The molecule has 0 aliphatic carbocycles. The molecule has 0 bridgehead atoms. The third-order valence-corrected chi connectivity index (χ3v) is 7.21. The van der Waals surface area contributed by atoms with Crippen LogP contribution < -0.4 is 0 Å². The Labute approximate surface area is 201 Å². The number of nitrogens with zero attached hydrogens (tertiary/aromatic N) is 1. The van der Waals surface area contributed by atoms with Crippen molar-refractivity contribution in [3.05, 3.63) is 68.2 Å². The molecule has 2 fully saturated rings. The molecule has 3 nitrogen and oxygen atoms in total. The molecule has 1 amide bonds. The molecule has 4 rings (SSSR count). The van der Waals surface area contributed by atoms with Crippen LogP contribution in [0.2, 0.25) is 0 Å². The Hall–Kier alpha value is -2.44. The molecule has 0 spiro atoms. The molecule has 2 aromatic carbocycles. The molecule has 0 unspecified atom stereocenters. The molecular formula is C22H15BrF9NO2.